The molecular formula is C10H16OS. The molecule has 0 fully saturated rings. The number of hydrogen-bond acceptors (Lipinski definition) is 2. The van der Waals surface area contributed by atoms with Gasteiger partial charge in [0.15, 0.2) is 0 Å². The van der Waals surface area contributed by atoms with Crippen molar-refractivity contribution in [1.82, 2.24) is 0 Å². The maximum Gasteiger partial charge on any atom is 0.0479 e. The van der Waals surface area contributed by atoms with Crippen LogP contribution in [0.25, 0.3) is 0 Å². The first kappa shape index (κ1) is 9.75. The first-order valence-electron chi connectivity index (χ1n) is 4.35. The molecule has 0 saturated carbocycles. The number of thiophene rings is 1. The number of hydrogen-bond donors (Lipinski definition) is 1. The molecule has 1 heterocycles. The summed E-state index contributed by atoms with van der Waals surface area (Å²) in [6.45, 7) is 6.79. The topological polar surface area (TPSA) is 20.2 Å². The van der Waals surface area contributed by atoms with Gasteiger partial charge in [-0.25, -0.2) is 0 Å². The third-order valence-corrected chi connectivity index (χ3v) is 3.55. The van der Waals surface area contributed by atoms with Gasteiger partial charge in [0.25, 0.3) is 0 Å². The average Bonchev–Trinajstić information content (AvgIpc) is 2.34. The Hall–Kier alpha value is -0.340. The van der Waals surface area contributed by atoms with Gasteiger partial charge in [0.05, 0.1) is 0 Å². The van der Waals surface area contributed by atoms with Gasteiger partial charge in [0, 0.05) is 22.8 Å². The highest BCUT2D eigenvalue weighted by molar-refractivity contribution is 7.12. The van der Waals surface area contributed by atoms with Crippen LogP contribution in [0, 0.1) is 6.92 Å². The monoisotopic (exact) mass is 184 g/mol. The Bertz CT molecular complexity index is 250. The van der Waals surface area contributed by atoms with Crippen molar-refractivity contribution in [2.24, 2.45) is 0 Å². The zero-order chi connectivity index (χ0) is 9.14. The minimum atomic E-state index is 0.263. The number of aliphatic hydroxyl groups is 1. The molecule has 0 radical (unpaired) electrons. The van der Waals surface area contributed by atoms with E-state index in [0.29, 0.717) is 5.92 Å². The van der Waals surface area contributed by atoms with Gasteiger partial charge in [-0.05, 0) is 24.5 Å². The fraction of sp³-hybridized carbons (Fsp3) is 0.600. The summed E-state index contributed by atoms with van der Waals surface area (Å²) in [4.78, 5) is 2.76. The predicted octanol–water partition coefficient (Wildman–Crippen LogP) is 2.71. The molecule has 0 bridgehead atoms. The maximum absolute atomic E-state index is 8.80. The lowest BCUT2D eigenvalue weighted by Gasteiger charge is -1.97. The molecule has 1 aromatic heterocycles. The molecular weight excluding hydrogens is 168 g/mol. The van der Waals surface area contributed by atoms with E-state index < -0.39 is 0 Å². The van der Waals surface area contributed by atoms with E-state index in [-0.39, 0.29) is 6.61 Å². The first-order valence-corrected chi connectivity index (χ1v) is 5.17. The van der Waals surface area contributed by atoms with Crippen LogP contribution in [-0.4, -0.2) is 11.7 Å². The Kier molecular flexibility index (Phi) is 3.29. The van der Waals surface area contributed by atoms with Crippen molar-refractivity contribution in [2.75, 3.05) is 6.61 Å². The van der Waals surface area contributed by atoms with Crippen LogP contribution in [0.5, 0.6) is 0 Å². The first-order chi connectivity index (χ1) is 5.65. The highest BCUT2D eigenvalue weighted by Crippen LogP contribution is 2.28. The average molecular weight is 184 g/mol. The maximum atomic E-state index is 8.80. The molecule has 0 aliphatic carbocycles. The minimum Gasteiger partial charge on any atom is -0.396 e. The second-order valence-electron chi connectivity index (χ2n) is 3.38. The second kappa shape index (κ2) is 4.06. The van der Waals surface area contributed by atoms with Crippen molar-refractivity contribution in [3.05, 3.63) is 21.4 Å². The Morgan fingerprint density at radius 2 is 2.17 bits per heavy atom. The summed E-state index contributed by atoms with van der Waals surface area (Å²) >= 11 is 1.83. The third kappa shape index (κ3) is 2.08. The minimum absolute atomic E-state index is 0.263. The molecule has 0 saturated heterocycles. The summed E-state index contributed by atoms with van der Waals surface area (Å²) in [7, 11) is 0. The second-order valence-corrected chi connectivity index (χ2v) is 4.55. The van der Waals surface area contributed by atoms with Crippen molar-refractivity contribution in [1.29, 1.82) is 0 Å². The largest absolute Gasteiger partial charge is 0.396 e. The van der Waals surface area contributed by atoms with Crippen LogP contribution in [0.2, 0.25) is 0 Å². The Labute approximate surface area is 78.1 Å². The van der Waals surface area contributed by atoms with Crippen LogP contribution in [0.15, 0.2) is 6.07 Å². The van der Waals surface area contributed by atoms with E-state index in [1.807, 2.05) is 11.3 Å². The van der Waals surface area contributed by atoms with E-state index in [1.54, 1.807) is 0 Å². The lowest BCUT2D eigenvalue weighted by molar-refractivity contribution is 0.300. The van der Waals surface area contributed by atoms with E-state index >= 15 is 0 Å². The molecule has 0 aliphatic heterocycles. The summed E-state index contributed by atoms with van der Waals surface area (Å²) in [5, 5.41) is 8.80. The third-order valence-electron chi connectivity index (χ3n) is 1.95. The van der Waals surface area contributed by atoms with Gasteiger partial charge in [0.2, 0.25) is 0 Å². The molecule has 1 rings (SSSR count). The van der Waals surface area contributed by atoms with E-state index in [1.165, 1.54) is 15.3 Å². The van der Waals surface area contributed by atoms with Crippen LogP contribution < -0.4 is 0 Å². The quantitative estimate of drug-likeness (QED) is 0.765. The van der Waals surface area contributed by atoms with Crippen molar-refractivity contribution in [3.63, 3.8) is 0 Å². The van der Waals surface area contributed by atoms with Gasteiger partial charge in [0.1, 0.15) is 0 Å². The Balaban J connectivity index is 2.85. The summed E-state index contributed by atoms with van der Waals surface area (Å²) in [6.07, 6.45) is 0.809. The van der Waals surface area contributed by atoms with E-state index in [4.69, 9.17) is 5.11 Å². The van der Waals surface area contributed by atoms with E-state index in [2.05, 4.69) is 26.8 Å². The normalized spacial score (nSPS) is 11.1. The highest BCUT2D eigenvalue weighted by atomic mass is 32.1. The number of aryl methyl sites for hydroxylation is 1. The molecule has 0 atom stereocenters. The molecule has 0 spiro atoms. The molecule has 2 heteroatoms. The molecule has 0 unspecified atom stereocenters. The number of aliphatic hydroxyl groups excluding tert-OH is 1. The predicted molar refractivity (Wildman–Crippen MR) is 53.9 cm³/mol. The smallest absolute Gasteiger partial charge is 0.0479 e. The lowest BCUT2D eigenvalue weighted by atomic mass is 10.1. The highest BCUT2D eigenvalue weighted by Gasteiger charge is 2.07. The summed E-state index contributed by atoms with van der Waals surface area (Å²) in [6, 6.07) is 2.24. The Morgan fingerprint density at radius 1 is 1.50 bits per heavy atom. The van der Waals surface area contributed by atoms with E-state index in [9.17, 15) is 0 Å². The zero-order valence-electron chi connectivity index (χ0n) is 7.92. The molecule has 0 aliphatic rings. The van der Waals surface area contributed by atoms with Gasteiger partial charge >= 0.3 is 0 Å². The fourth-order valence-corrected chi connectivity index (χ4v) is 2.35. The number of rotatable bonds is 3. The van der Waals surface area contributed by atoms with Crippen molar-refractivity contribution in [3.8, 4) is 0 Å². The summed E-state index contributed by atoms with van der Waals surface area (Å²) in [5.41, 5.74) is 1.33. The molecule has 68 valence electrons. The summed E-state index contributed by atoms with van der Waals surface area (Å²) in [5.74, 6) is 0.612. The molecule has 1 aromatic rings. The molecule has 0 aromatic carbocycles. The van der Waals surface area contributed by atoms with Crippen molar-refractivity contribution >= 4 is 11.3 Å². The fourth-order valence-electron chi connectivity index (χ4n) is 1.18. The Morgan fingerprint density at radius 3 is 2.58 bits per heavy atom. The standard InChI is InChI=1S/C10H16OS/c1-7(2)10-6-8(3)9(12-10)4-5-11/h6-7,11H,4-5H2,1-3H3. The van der Waals surface area contributed by atoms with Crippen LogP contribution in [0.1, 0.15) is 35.1 Å². The van der Waals surface area contributed by atoms with Crippen molar-refractivity contribution in [2.45, 2.75) is 33.1 Å². The lowest BCUT2D eigenvalue weighted by Crippen LogP contribution is -1.87. The van der Waals surface area contributed by atoms with Crippen LogP contribution in [0.4, 0.5) is 0 Å². The van der Waals surface area contributed by atoms with Gasteiger partial charge in [-0.15, -0.1) is 11.3 Å². The van der Waals surface area contributed by atoms with Gasteiger partial charge in [-0.3, -0.25) is 0 Å². The molecule has 12 heavy (non-hydrogen) atoms. The zero-order valence-corrected chi connectivity index (χ0v) is 8.74. The van der Waals surface area contributed by atoms with Gasteiger partial charge < -0.3 is 5.11 Å². The SMILES string of the molecule is Cc1cc(C(C)C)sc1CCO. The van der Waals surface area contributed by atoms with Gasteiger partial charge in [-0.2, -0.15) is 0 Å². The molecule has 1 N–H and O–H groups in total. The van der Waals surface area contributed by atoms with E-state index in [0.717, 1.165) is 6.42 Å². The van der Waals surface area contributed by atoms with Crippen molar-refractivity contribution < 1.29 is 5.11 Å². The van der Waals surface area contributed by atoms with Crippen LogP contribution in [0.3, 0.4) is 0 Å². The van der Waals surface area contributed by atoms with Crippen LogP contribution >= 0.6 is 11.3 Å². The molecule has 0 amide bonds. The van der Waals surface area contributed by atoms with Crippen LogP contribution in [-0.2, 0) is 6.42 Å². The van der Waals surface area contributed by atoms with Gasteiger partial charge in [-0.1, -0.05) is 13.8 Å². The molecule has 1 nitrogen and oxygen atoms in total. The summed E-state index contributed by atoms with van der Waals surface area (Å²) < 4.78 is 0.